The second-order valence-electron chi connectivity index (χ2n) is 7.53. The molecule has 9 heteroatoms. The first-order chi connectivity index (χ1) is 15.1. The van der Waals surface area contributed by atoms with Gasteiger partial charge < -0.3 is 10.2 Å². The van der Waals surface area contributed by atoms with Gasteiger partial charge in [0, 0.05) is 42.0 Å². The Balaban J connectivity index is 1.38. The highest BCUT2D eigenvalue weighted by molar-refractivity contribution is 7.12. The van der Waals surface area contributed by atoms with Crippen LogP contribution in [0.3, 0.4) is 0 Å². The van der Waals surface area contributed by atoms with Crippen molar-refractivity contribution in [1.29, 1.82) is 0 Å². The number of benzene rings is 1. The Morgan fingerprint density at radius 2 is 2.00 bits per heavy atom. The molecule has 4 heterocycles. The molecule has 3 aromatic heterocycles. The zero-order chi connectivity index (χ0) is 21.4. The molecule has 0 atom stereocenters. The molecule has 1 N–H and O–H groups in total. The average Bonchev–Trinajstić information content (AvgIpc) is 3.45. The number of nitrogens with zero attached hydrogens (tertiary/aromatic N) is 4. The lowest BCUT2D eigenvalue weighted by Crippen LogP contribution is -2.42. The van der Waals surface area contributed by atoms with Crippen LogP contribution in [0.5, 0.6) is 0 Å². The van der Waals surface area contributed by atoms with Crippen molar-refractivity contribution < 1.29 is 4.79 Å². The maximum atomic E-state index is 12.6. The summed E-state index contributed by atoms with van der Waals surface area (Å²) in [5, 5.41) is 10.5. The Kier molecular flexibility index (Phi) is 5.42. The first kappa shape index (κ1) is 20.1. The van der Waals surface area contributed by atoms with E-state index >= 15 is 0 Å². The van der Waals surface area contributed by atoms with Gasteiger partial charge in [-0.15, -0.1) is 11.3 Å². The number of thiophene rings is 1. The second kappa shape index (κ2) is 8.36. The number of anilines is 1. The Morgan fingerprint density at radius 1 is 1.19 bits per heavy atom. The maximum absolute atomic E-state index is 12.6. The van der Waals surface area contributed by atoms with Gasteiger partial charge in [0.25, 0.3) is 5.91 Å². The first-order valence-corrected chi connectivity index (χ1v) is 11.3. The smallest absolute Gasteiger partial charge is 0.263 e. The summed E-state index contributed by atoms with van der Waals surface area (Å²) in [6.07, 6.45) is 3.30. The molecule has 1 aromatic carbocycles. The van der Waals surface area contributed by atoms with Crippen LogP contribution in [0.1, 0.15) is 22.5 Å². The molecule has 1 aliphatic heterocycles. The second-order valence-corrected chi connectivity index (χ2v) is 8.88. The third-order valence-electron chi connectivity index (χ3n) is 5.52. The molecule has 0 saturated carbocycles. The number of hydrogen-bond donors (Lipinski definition) is 1. The SMILES string of the molecule is [B]c1cnn2c(NC3CCN(C(=O)c4cccs4)CC3)cc(-c3ccccc3Cl)nc12. The number of carbonyl (C=O) groups excluding carboxylic acids is 1. The molecule has 1 aliphatic rings. The maximum Gasteiger partial charge on any atom is 0.263 e. The minimum atomic E-state index is 0.112. The molecule has 0 unspecified atom stereocenters. The summed E-state index contributed by atoms with van der Waals surface area (Å²) in [4.78, 5) is 20.0. The van der Waals surface area contributed by atoms with Gasteiger partial charge in [-0.1, -0.05) is 35.9 Å². The summed E-state index contributed by atoms with van der Waals surface area (Å²) in [5.74, 6) is 0.917. The van der Waals surface area contributed by atoms with Gasteiger partial charge in [0.1, 0.15) is 13.7 Å². The van der Waals surface area contributed by atoms with Crippen molar-refractivity contribution in [3.63, 3.8) is 0 Å². The van der Waals surface area contributed by atoms with Crippen LogP contribution < -0.4 is 10.8 Å². The van der Waals surface area contributed by atoms with Gasteiger partial charge in [-0.25, -0.2) is 4.98 Å². The number of nitrogens with one attached hydrogen (secondary N) is 1. The Labute approximate surface area is 190 Å². The highest BCUT2D eigenvalue weighted by Crippen LogP contribution is 2.29. The van der Waals surface area contributed by atoms with Crippen molar-refractivity contribution in [3.05, 3.63) is 63.9 Å². The lowest BCUT2D eigenvalue weighted by Gasteiger charge is -2.32. The van der Waals surface area contributed by atoms with Crippen molar-refractivity contribution >= 4 is 53.6 Å². The normalized spacial score (nSPS) is 14.8. The van der Waals surface area contributed by atoms with Crippen molar-refractivity contribution in [3.8, 4) is 11.3 Å². The van der Waals surface area contributed by atoms with Gasteiger partial charge in [0.15, 0.2) is 5.65 Å². The van der Waals surface area contributed by atoms with E-state index in [9.17, 15) is 4.79 Å². The van der Waals surface area contributed by atoms with E-state index in [1.807, 2.05) is 52.7 Å². The molecule has 1 saturated heterocycles. The van der Waals surface area contributed by atoms with Crippen LogP contribution >= 0.6 is 22.9 Å². The van der Waals surface area contributed by atoms with Crippen molar-refractivity contribution in [2.24, 2.45) is 0 Å². The fourth-order valence-electron chi connectivity index (χ4n) is 3.88. The monoisotopic (exact) mass is 447 g/mol. The zero-order valence-corrected chi connectivity index (χ0v) is 18.2. The van der Waals surface area contributed by atoms with Gasteiger partial charge in [-0.2, -0.15) is 9.61 Å². The molecule has 31 heavy (non-hydrogen) atoms. The van der Waals surface area contributed by atoms with Crippen molar-refractivity contribution in [2.45, 2.75) is 18.9 Å². The molecule has 0 spiro atoms. The van der Waals surface area contributed by atoms with Gasteiger partial charge in [0.05, 0.1) is 10.6 Å². The zero-order valence-electron chi connectivity index (χ0n) is 16.7. The molecule has 154 valence electrons. The number of likely N-dealkylation sites (tertiary alicyclic amines) is 1. The topological polar surface area (TPSA) is 62.5 Å². The number of rotatable bonds is 4. The number of aromatic nitrogens is 3. The molecule has 6 nitrogen and oxygen atoms in total. The Bertz CT molecular complexity index is 1230. The van der Waals surface area contributed by atoms with Crippen LogP contribution in [0.2, 0.25) is 5.02 Å². The van der Waals surface area contributed by atoms with Gasteiger partial charge in [0.2, 0.25) is 0 Å². The van der Waals surface area contributed by atoms with Crippen molar-refractivity contribution in [1.82, 2.24) is 19.5 Å². The van der Waals surface area contributed by atoms with E-state index in [0.717, 1.165) is 34.8 Å². The molecule has 1 fully saturated rings. The van der Waals surface area contributed by atoms with Gasteiger partial charge in [-0.3, -0.25) is 4.79 Å². The van der Waals surface area contributed by atoms with Crippen LogP contribution in [0.15, 0.2) is 54.0 Å². The minimum Gasteiger partial charge on any atom is -0.367 e. The largest absolute Gasteiger partial charge is 0.367 e. The quantitative estimate of drug-likeness (QED) is 0.485. The predicted octanol–water partition coefficient (Wildman–Crippen LogP) is 3.62. The summed E-state index contributed by atoms with van der Waals surface area (Å²) in [6.45, 7) is 1.42. The van der Waals surface area contributed by atoms with Gasteiger partial charge >= 0.3 is 0 Å². The van der Waals surface area contributed by atoms with Gasteiger partial charge in [-0.05, 0) is 35.8 Å². The molecule has 4 aromatic rings. The van der Waals surface area contributed by atoms with Crippen LogP contribution in [0, 0.1) is 0 Å². The summed E-state index contributed by atoms with van der Waals surface area (Å²) in [5.41, 5.74) is 2.67. The van der Waals surface area contributed by atoms with E-state index in [0.29, 0.717) is 29.2 Å². The van der Waals surface area contributed by atoms with Crippen LogP contribution in [0.25, 0.3) is 16.9 Å². The number of amides is 1. The summed E-state index contributed by atoms with van der Waals surface area (Å²) in [6, 6.07) is 13.5. The molecule has 0 aliphatic carbocycles. The molecule has 5 rings (SSSR count). The standard InChI is InChI=1S/C22H19BClN5OS/c23-16-13-25-29-20(12-18(27-21(16)29)15-4-1-2-5-17(15)24)26-14-7-9-28(10-8-14)22(30)19-6-3-11-31-19/h1-6,11-14,26H,7-10H2. The van der Waals surface area contributed by atoms with E-state index < -0.39 is 0 Å². The highest BCUT2D eigenvalue weighted by atomic mass is 35.5. The van der Waals surface area contributed by atoms with E-state index in [4.69, 9.17) is 19.4 Å². The number of piperidine rings is 1. The van der Waals surface area contributed by atoms with Crippen LogP contribution in [0.4, 0.5) is 5.82 Å². The fourth-order valence-corrected chi connectivity index (χ4v) is 4.81. The first-order valence-electron chi connectivity index (χ1n) is 10.1. The third-order valence-corrected chi connectivity index (χ3v) is 6.70. The number of fused-ring (bicyclic) bond motifs is 1. The minimum absolute atomic E-state index is 0.112. The fraction of sp³-hybridized carbons (Fsp3) is 0.227. The highest BCUT2D eigenvalue weighted by Gasteiger charge is 2.25. The number of carbonyl (C=O) groups is 1. The Hall–Kier alpha value is -2.84. The van der Waals surface area contributed by atoms with Crippen LogP contribution in [-0.2, 0) is 0 Å². The van der Waals surface area contributed by atoms with Crippen LogP contribution in [-0.4, -0.2) is 52.4 Å². The average molecular weight is 448 g/mol. The molecule has 0 bridgehead atoms. The molecular formula is C22H19BClN5OS. The summed E-state index contributed by atoms with van der Waals surface area (Å²) in [7, 11) is 6.11. The number of halogens is 1. The molecule has 2 radical (unpaired) electrons. The third kappa shape index (κ3) is 3.93. The van der Waals surface area contributed by atoms with Crippen molar-refractivity contribution in [2.75, 3.05) is 18.4 Å². The van der Waals surface area contributed by atoms with E-state index in [1.54, 1.807) is 10.7 Å². The van der Waals surface area contributed by atoms with E-state index in [-0.39, 0.29) is 11.9 Å². The summed E-state index contributed by atoms with van der Waals surface area (Å²) >= 11 is 7.89. The Morgan fingerprint density at radius 3 is 2.74 bits per heavy atom. The molecule has 1 amide bonds. The van der Waals surface area contributed by atoms with E-state index in [1.165, 1.54) is 11.3 Å². The molecular weight excluding hydrogens is 429 g/mol. The number of hydrogen-bond acceptors (Lipinski definition) is 5. The lowest BCUT2D eigenvalue weighted by molar-refractivity contribution is 0.0723. The lowest BCUT2D eigenvalue weighted by atomic mass is 10.0. The predicted molar refractivity (Wildman–Crippen MR) is 126 cm³/mol. The summed E-state index contributed by atoms with van der Waals surface area (Å²) < 4.78 is 1.72. The van der Waals surface area contributed by atoms with E-state index in [2.05, 4.69) is 15.4 Å².